The lowest BCUT2D eigenvalue weighted by molar-refractivity contribution is -0.114. The first kappa shape index (κ1) is 14.9. The van der Waals surface area contributed by atoms with Gasteiger partial charge in [-0.1, -0.05) is 36.0 Å². The third kappa shape index (κ3) is 3.74. The van der Waals surface area contributed by atoms with E-state index in [1.807, 2.05) is 42.8 Å². The summed E-state index contributed by atoms with van der Waals surface area (Å²) in [6, 6.07) is 11.4. The van der Waals surface area contributed by atoms with Crippen LogP contribution in [0.25, 0.3) is 10.8 Å². The molecule has 5 nitrogen and oxygen atoms in total. The van der Waals surface area contributed by atoms with E-state index in [-0.39, 0.29) is 5.91 Å². The average Bonchev–Trinajstić information content (AvgIpc) is 2.46. The number of nitriles is 1. The number of aliphatic imine (C=N–C) groups is 1. The number of thioether (sulfide) groups is 1. The fourth-order valence-corrected chi connectivity index (χ4v) is 2.29. The lowest BCUT2D eigenvalue weighted by Gasteiger charge is -2.09. The zero-order valence-corrected chi connectivity index (χ0v) is 12.5. The zero-order valence-electron chi connectivity index (χ0n) is 11.7. The Morgan fingerprint density at radius 1 is 1.33 bits per heavy atom. The number of amides is 1. The van der Waals surface area contributed by atoms with Crippen molar-refractivity contribution in [3.05, 3.63) is 36.4 Å². The van der Waals surface area contributed by atoms with Crippen LogP contribution in [0, 0.1) is 11.5 Å². The van der Waals surface area contributed by atoms with Crippen molar-refractivity contribution in [2.75, 3.05) is 11.6 Å². The van der Waals surface area contributed by atoms with Crippen LogP contribution in [0.4, 0.5) is 11.4 Å². The summed E-state index contributed by atoms with van der Waals surface area (Å²) in [5, 5.41) is 16.4. The number of amidine groups is 1. The molecule has 0 atom stereocenters. The summed E-state index contributed by atoms with van der Waals surface area (Å²) in [6.45, 7) is 1.47. The second-order valence-electron chi connectivity index (χ2n) is 4.25. The van der Waals surface area contributed by atoms with Crippen LogP contribution in [-0.2, 0) is 4.79 Å². The minimum absolute atomic E-state index is 0.137. The Kier molecular flexibility index (Phi) is 4.80. The molecule has 0 heterocycles. The van der Waals surface area contributed by atoms with Gasteiger partial charge in [-0.25, -0.2) is 4.99 Å². The van der Waals surface area contributed by atoms with Gasteiger partial charge in [-0.15, -0.1) is 0 Å². The van der Waals surface area contributed by atoms with Gasteiger partial charge in [-0.3, -0.25) is 10.1 Å². The van der Waals surface area contributed by atoms with Crippen LogP contribution < -0.4 is 10.6 Å². The molecule has 2 aromatic rings. The Balaban J connectivity index is 2.55. The molecule has 0 saturated carbocycles. The first-order chi connectivity index (χ1) is 10.1. The van der Waals surface area contributed by atoms with Crippen molar-refractivity contribution in [2.45, 2.75) is 6.92 Å². The molecular formula is C15H14N4OS. The molecule has 0 saturated heterocycles. The molecule has 0 aliphatic rings. The molecule has 0 aliphatic carbocycles. The number of benzene rings is 2. The van der Waals surface area contributed by atoms with Gasteiger partial charge in [-0.05, 0) is 23.8 Å². The summed E-state index contributed by atoms with van der Waals surface area (Å²) < 4.78 is 0. The Morgan fingerprint density at radius 3 is 2.76 bits per heavy atom. The van der Waals surface area contributed by atoms with Crippen molar-refractivity contribution in [1.82, 2.24) is 5.32 Å². The van der Waals surface area contributed by atoms with Crippen molar-refractivity contribution in [3.8, 4) is 6.19 Å². The van der Waals surface area contributed by atoms with Crippen LogP contribution in [0.2, 0.25) is 0 Å². The molecule has 0 radical (unpaired) electrons. The van der Waals surface area contributed by atoms with Crippen molar-refractivity contribution >= 4 is 45.0 Å². The van der Waals surface area contributed by atoms with Gasteiger partial charge in [0.2, 0.25) is 5.91 Å². The summed E-state index contributed by atoms with van der Waals surface area (Å²) in [5.41, 5.74) is 1.38. The third-order valence-electron chi connectivity index (χ3n) is 2.74. The predicted octanol–water partition coefficient (Wildman–Crippen LogP) is 3.22. The summed E-state index contributed by atoms with van der Waals surface area (Å²) in [5.74, 6) is -0.137. The number of nitrogens with one attached hydrogen (secondary N) is 2. The van der Waals surface area contributed by atoms with Gasteiger partial charge < -0.3 is 5.32 Å². The number of carbonyl (C=O) groups is 1. The highest BCUT2D eigenvalue weighted by Crippen LogP contribution is 2.30. The Hall–Kier alpha value is -2.52. The quantitative estimate of drug-likeness (QED) is 0.386. The van der Waals surface area contributed by atoms with E-state index < -0.39 is 0 Å². The summed E-state index contributed by atoms with van der Waals surface area (Å²) in [6.07, 6.45) is 3.68. The molecule has 1 amide bonds. The molecule has 2 N–H and O–H groups in total. The topological polar surface area (TPSA) is 77.3 Å². The summed E-state index contributed by atoms with van der Waals surface area (Å²) in [4.78, 5) is 15.7. The zero-order chi connectivity index (χ0) is 15.2. The smallest absolute Gasteiger partial charge is 0.221 e. The first-order valence-electron chi connectivity index (χ1n) is 6.22. The van der Waals surface area contributed by atoms with E-state index in [1.54, 1.807) is 6.07 Å². The predicted molar refractivity (Wildman–Crippen MR) is 87.6 cm³/mol. The summed E-state index contributed by atoms with van der Waals surface area (Å²) >= 11 is 1.34. The van der Waals surface area contributed by atoms with Crippen LogP contribution in [0.15, 0.2) is 41.4 Å². The maximum atomic E-state index is 11.3. The van der Waals surface area contributed by atoms with Gasteiger partial charge in [0, 0.05) is 12.3 Å². The number of nitrogens with zero attached hydrogens (tertiary/aromatic N) is 2. The van der Waals surface area contributed by atoms with E-state index in [0.29, 0.717) is 16.5 Å². The average molecular weight is 298 g/mol. The van der Waals surface area contributed by atoms with Crippen molar-refractivity contribution < 1.29 is 4.79 Å². The third-order valence-corrected chi connectivity index (χ3v) is 3.32. The number of rotatable bonds is 2. The largest absolute Gasteiger partial charge is 0.326 e. The Labute approximate surface area is 127 Å². The molecule has 0 aliphatic heterocycles. The SMILES string of the molecule is CSC(=Nc1cc(NC(C)=O)c2ccccc2c1)NC#N. The van der Waals surface area contributed by atoms with E-state index in [1.165, 1.54) is 18.7 Å². The van der Waals surface area contributed by atoms with Crippen LogP contribution in [-0.4, -0.2) is 17.3 Å². The first-order valence-corrected chi connectivity index (χ1v) is 7.44. The van der Waals surface area contributed by atoms with Crippen LogP contribution in [0.3, 0.4) is 0 Å². The molecule has 106 valence electrons. The van der Waals surface area contributed by atoms with Crippen LogP contribution >= 0.6 is 11.8 Å². The van der Waals surface area contributed by atoms with E-state index >= 15 is 0 Å². The number of hydrogen-bond acceptors (Lipinski definition) is 4. The normalized spacial score (nSPS) is 11.0. The molecule has 0 unspecified atom stereocenters. The second-order valence-corrected chi connectivity index (χ2v) is 5.05. The Bertz CT molecular complexity index is 749. The summed E-state index contributed by atoms with van der Waals surface area (Å²) in [7, 11) is 0. The lowest BCUT2D eigenvalue weighted by atomic mass is 10.1. The highest BCUT2D eigenvalue weighted by molar-refractivity contribution is 8.13. The van der Waals surface area contributed by atoms with Gasteiger partial charge >= 0.3 is 0 Å². The molecule has 0 spiro atoms. The van der Waals surface area contributed by atoms with E-state index in [9.17, 15) is 4.79 Å². The Morgan fingerprint density at radius 2 is 2.10 bits per heavy atom. The molecule has 21 heavy (non-hydrogen) atoms. The second kappa shape index (κ2) is 6.77. The minimum Gasteiger partial charge on any atom is -0.326 e. The van der Waals surface area contributed by atoms with Gasteiger partial charge in [0.25, 0.3) is 0 Å². The van der Waals surface area contributed by atoms with Gasteiger partial charge in [0.1, 0.15) is 0 Å². The maximum absolute atomic E-state index is 11.3. The van der Waals surface area contributed by atoms with Gasteiger partial charge in [-0.2, -0.15) is 5.26 Å². The van der Waals surface area contributed by atoms with E-state index in [4.69, 9.17) is 5.26 Å². The van der Waals surface area contributed by atoms with Gasteiger partial charge in [0.05, 0.1) is 11.4 Å². The monoisotopic (exact) mass is 298 g/mol. The molecule has 0 bridgehead atoms. The van der Waals surface area contributed by atoms with E-state index in [0.717, 1.165) is 10.8 Å². The fourth-order valence-electron chi connectivity index (χ4n) is 1.94. The van der Waals surface area contributed by atoms with Crippen LogP contribution in [0.5, 0.6) is 0 Å². The lowest BCUT2D eigenvalue weighted by Crippen LogP contribution is -2.12. The number of fused-ring (bicyclic) bond motifs is 1. The highest BCUT2D eigenvalue weighted by Gasteiger charge is 2.06. The number of carbonyl (C=O) groups excluding carboxylic acids is 1. The number of anilines is 1. The van der Waals surface area contributed by atoms with Crippen molar-refractivity contribution in [1.29, 1.82) is 5.26 Å². The highest BCUT2D eigenvalue weighted by atomic mass is 32.2. The molecule has 0 fully saturated rings. The van der Waals surface area contributed by atoms with Gasteiger partial charge in [0.15, 0.2) is 11.4 Å². The van der Waals surface area contributed by atoms with E-state index in [2.05, 4.69) is 15.6 Å². The molecular weight excluding hydrogens is 284 g/mol. The maximum Gasteiger partial charge on any atom is 0.221 e. The van der Waals surface area contributed by atoms with Crippen molar-refractivity contribution in [3.63, 3.8) is 0 Å². The van der Waals surface area contributed by atoms with Crippen LogP contribution in [0.1, 0.15) is 6.92 Å². The molecule has 6 heteroatoms. The van der Waals surface area contributed by atoms with Crippen molar-refractivity contribution in [2.24, 2.45) is 4.99 Å². The standard InChI is InChI=1S/C15H14N4OS/c1-10(20)18-14-8-12(19-15(21-2)17-9-16)7-11-5-3-4-6-13(11)14/h3-8H,1-2H3,(H,17,19)(H,18,20). The molecule has 0 aromatic heterocycles. The minimum atomic E-state index is -0.137. The fraction of sp³-hybridized carbons (Fsp3) is 0.133. The molecule has 2 aromatic carbocycles. The molecule has 2 rings (SSSR count). The number of hydrogen-bond donors (Lipinski definition) is 2.